The van der Waals surface area contributed by atoms with Crippen LogP contribution in [0.3, 0.4) is 0 Å². The van der Waals surface area contributed by atoms with Gasteiger partial charge in [-0.05, 0) is 34.5 Å². The van der Waals surface area contributed by atoms with Crippen molar-refractivity contribution in [3.05, 3.63) is 89.6 Å². The van der Waals surface area contributed by atoms with Gasteiger partial charge in [-0.15, -0.1) is 10.2 Å². The Balaban J connectivity index is 1.46. The molecule has 0 saturated heterocycles. The average Bonchev–Trinajstić information content (AvgIpc) is 3.23. The predicted molar refractivity (Wildman–Crippen MR) is 112 cm³/mol. The maximum atomic E-state index is 11.4. The van der Waals surface area contributed by atoms with Gasteiger partial charge in [-0.2, -0.15) is 4.80 Å². The van der Waals surface area contributed by atoms with Gasteiger partial charge in [-0.25, -0.2) is 9.78 Å². The van der Waals surface area contributed by atoms with Crippen molar-refractivity contribution in [3.63, 3.8) is 0 Å². The molecule has 2 aromatic heterocycles. The van der Waals surface area contributed by atoms with E-state index in [1.165, 1.54) is 4.80 Å². The highest BCUT2D eigenvalue weighted by molar-refractivity contribution is 5.89. The predicted octanol–water partition coefficient (Wildman–Crippen LogP) is 3.12. The third-order valence-corrected chi connectivity index (χ3v) is 4.68. The van der Waals surface area contributed by atoms with Crippen LogP contribution < -0.4 is 4.90 Å². The minimum atomic E-state index is -0.975. The summed E-state index contributed by atoms with van der Waals surface area (Å²) in [5.41, 5.74) is 2.84. The Morgan fingerprint density at radius 2 is 1.80 bits per heavy atom. The molecule has 0 bridgehead atoms. The van der Waals surface area contributed by atoms with Gasteiger partial charge in [0.2, 0.25) is 5.82 Å². The Morgan fingerprint density at radius 1 is 1.03 bits per heavy atom. The Bertz CT molecular complexity index is 1140. The number of carboxylic acids is 1. The van der Waals surface area contributed by atoms with E-state index in [1.54, 1.807) is 30.5 Å². The van der Waals surface area contributed by atoms with Crippen molar-refractivity contribution < 1.29 is 9.90 Å². The average molecular weight is 400 g/mol. The van der Waals surface area contributed by atoms with Crippen LogP contribution in [-0.4, -0.2) is 43.3 Å². The fourth-order valence-electron chi connectivity index (χ4n) is 3.14. The maximum Gasteiger partial charge on any atom is 0.336 e. The zero-order valence-corrected chi connectivity index (χ0v) is 16.4. The third kappa shape index (κ3) is 4.33. The van der Waals surface area contributed by atoms with Crippen molar-refractivity contribution in [2.24, 2.45) is 0 Å². The molecule has 2 heterocycles. The largest absolute Gasteiger partial charge is 0.478 e. The zero-order chi connectivity index (χ0) is 20.9. The molecule has 0 aliphatic heterocycles. The lowest BCUT2D eigenvalue weighted by atomic mass is 10.1. The zero-order valence-electron chi connectivity index (χ0n) is 16.4. The number of aromatic nitrogens is 5. The topological polar surface area (TPSA) is 97.0 Å². The molecule has 4 aromatic rings. The summed E-state index contributed by atoms with van der Waals surface area (Å²) in [4.78, 5) is 19.2. The van der Waals surface area contributed by atoms with E-state index in [0.29, 0.717) is 11.4 Å². The summed E-state index contributed by atoms with van der Waals surface area (Å²) in [7, 11) is 2.00. The number of carbonyl (C=O) groups is 1. The van der Waals surface area contributed by atoms with Crippen molar-refractivity contribution >= 4 is 11.8 Å². The van der Waals surface area contributed by atoms with E-state index < -0.39 is 5.97 Å². The summed E-state index contributed by atoms with van der Waals surface area (Å²) in [6.45, 7) is 0.964. The lowest BCUT2D eigenvalue weighted by molar-refractivity contribution is 0.0695. The number of hydrogen-bond donors (Lipinski definition) is 1. The molecule has 0 aliphatic rings. The molecule has 0 saturated carbocycles. The second-order valence-electron chi connectivity index (χ2n) is 6.85. The van der Waals surface area contributed by atoms with Crippen molar-refractivity contribution in [1.82, 2.24) is 25.2 Å². The highest BCUT2D eigenvalue weighted by Gasteiger charge is 2.12. The van der Waals surface area contributed by atoms with Gasteiger partial charge in [0.15, 0.2) is 0 Å². The Morgan fingerprint density at radius 3 is 2.53 bits per heavy atom. The molecule has 0 fully saturated rings. The molecule has 150 valence electrons. The lowest BCUT2D eigenvalue weighted by Crippen LogP contribution is -2.17. The molecule has 0 amide bonds. The Kier molecular flexibility index (Phi) is 5.47. The Hall–Kier alpha value is -4.07. The number of benzene rings is 2. The number of nitrogens with zero attached hydrogens (tertiary/aromatic N) is 6. The van der Waals surface area contributed by atoms with E-state index in [1.807, 2.05) is 49.5 Å². The fraction of sp³-hybridized carbons (Fsp3) is 0.136. The second-order valence-corrected chi connectivity index (χ2v) is 6.85. The quantitative estimate of drug-likeness (QED) is 0.509. The molecule has 0 unspecified atom stereocenters. The van der Waals surface area contributed by atoms with E-state index in [2.05, 4.69) is 25.3 Å². The molecule has 30 heavy (non-hydrogen) atoms. The second kappa shape index (κ2) is 8.52. The maximum absolute atomic E-state index is 11.4. The van der Waals surface area contributed by atoms with Gasteiger partial charge >= 0.3 is 5.97 Å². The van der Waals surface area contributed by atoms with Gasteiger partial charge in [-0.1, -0.05) is 48.5 Å². The van der Waals surface area contributed by atoms with Gasteiger partial charge in [0.25, 0.3) is 0 Å². The van der Waals surface area contributed by atoms with E-state index in [4.69, 9.17) is 0 Å². The number of hydrogen-bond acceptors (Lipinski definition) is 6. The van der Waals surface area contributed by atoms with Gasteiger partial charge < -0.3 is 10.0 Å². The summed E-state index contributed by atoms with van der Waals surface area (Å²) < 4.78 is 0. The highest BCUT2D eigenvalue weighted by atomic mass is 16.4. The normalized spacial score (nSPS) is 10.7. The number of aromatic carboxylic acids is 1. The number of pyridine rings is 1. The molecule has 0 spiro atoms. The van der Waals surface area contributed by atoms with Gasteiger partial charge in [-0.3, -0.25) is 0 Å². The molecule has 0 atom stereocenters. The standard InChI is InChI=1S/C22H20N6O2/c1-27(20-8-4-5-13-23-20)14-16-9-11-17(12-10-16)21-24-26-28(25-21)15-18-6-2-3-7-19(18)22(29)30/h2-13H,14-15H2,1H3,(H,29,30). The molecule has 2 aromatic carbocycles. The fourth-order valence-corrected chi connectivity index (χ4v) is 3.14. The third-order valence-electron chi connectivity index (χ3n) is 4.68. The summed E-state index contributed by atoms with van der Waals surface area (Å²) in [6, 6.07) is 20.6. The molecule has 8 nitrogen and oxygen atoms in total. The van der Waals surface area contributed by atoms with Crippen LogP contribution in [0.2, 0.25) is 0 Å². The van der Waals surface area contributed by atoms with Crippen LogP contribution >= 0.6 is 0 Å². The number of carboxylic acid groups (broad SMARTS) is 1. The summed E-state index contributed by atoms with van der Waals surface area (Å²) >= 11 is 0. The first-order valence-corrected chi connectivity index (χ1v) is 9.40. The van der Waals surface area contributed by atoms with Crippen LogP contribution in [-0.2, 0) is 13.1 Å². The Labute approximate surface area is 173 Å². The molecule has 4 rings (SSSR count). The van der Waals surface area contributed by atoms with Crippen LogP contribution in [0.1, 0.15) is 21.5 Å². The van der Waals surface area contributed by atoms with Crippen molar-refractivity contribution in [3.8, 4) is 11.4 Å². The van der Waals surface area contributed by atoms with Crippen LogP contribution in [0, 0.1) is 0 Å². The van der Waals surface area contributed by atoms with Gasteiger partial charge in [0.05, 0.1) is 12.1 Å². The van der Waals surface area contributed by atoms with E-state index >= 15 is 0 Å². The van der Waals surface area contributed by atoms with Crippen LogP contribution in [0.25, 0.3) is 11.4 Å². The molecule has 1 N–H and O–H groups in total. The van der Waals surface area contributed by atoms with Crippen LogP contribution in [0.15, 0.2) is 72.9 Å². The van der Waals surface area contributed by atoms with Gasteiger partial charge in [0.1, 0.15) is 5.82 Å². The lowest BCUT2D eigenvalue weighted by Gasteiger charge is -2.18. The monoisotopic (exact) mass is 400 g/mol. The first kappa shape index (κ1) is 19.3. The van der Waals surface area contributed by atoms with Crippen molar-refractivity contribution in [2.75, 3.05) is 11.9 Å². The van der Waals surface area contributed by atoms with Crippen LogP contribution in [0.4, 0.5) is 5.82 Å². The molecule has 0 radical (unpaired) electrons. The number of rotatable bonds is 7. The van der Waals surface area contributed by atoms with Crippen LogP contribution in [0.5, 0.6) is 0 Å². The SMILES string of the molecule is CN(Cc1ccc(-c2nnn(Cc3ccccc3C(=O)O)n2)cc1)c1ccccn1. The first-order chi connectivity index (χ1) is 14.6. The minimum Gasteiger partial charge on any atom is -0.478 e. The summed E-state index contributed by atoms with van der Waals surface area (Å²) in [5, 5.41) is 21.9. The summed E-state index contributed by atoms with van der Waals surface area (Å²) in [5.74, 6) is 0.428. The molecule has 0 aliphatic carbocycles. The van der Waals surface area contributed by atoms with Crippen molar-refractivity contribution in [2.45, 2.75) is 13.1 Å². The van der Waals surface area contributed by atoms with E-state index in [-0.39, 0.29) is 12.1 Å². The van der Waals surface area contributed by atoms with Gasteiger partial charge in [0, 0.05) is 25.4 Å². The van der Waals surface area contributed by atoms with E-state index in [0.717, 1.165) is 23.5 Å². The molecular formula is C22H20N6O2. The minimum absolute atomic E-state index is 0.234. The number of anilines is 1. The molecular weight excluding hydrogens is 380 g/mol. The number of tetrazole rings is 1. The van der Waals surface area contributed by atoms with E-state index in [9.17, 15) is 9.90 Å². The first-order valence-electron chi connectivity index (χ1n) is 9.40. The molecule has 8 heteroatoms. The van der Waals surface area contributed by atoms with Crippen molar-refractivity contribution in [1.29, 1.82) is 0 Å². The summed E-state index contributed by atoms with van der Waals surface area (Å²) in [6.07, 6.45) is 1.78. The smallest absolute Gasteiger partial charge is 0.336 e. The highest BCUT2D eigenvalue weighted by Crippen LogP contribution is 2.18.